The number of rotatable bonds is 3. The summed E-state index contributed by atoms with van der Waals surface area (Å²) < 4.78 is 1.57. The Hall–Kier alpha value is -1.56. The van der Waals surface area contributed by atoms with Crippen LogP contribution in [0.1, 0.15) is 18.4 Å². The van der Waals surface area contributed by atoms with Gasteiger partial charge in [0.15, 0.2) is 0 Å². The van der Waals surface area contributed by atoms with Crippen LogP contribution in [0.15, 0.2) is 30.6 Å². The van der Waals surface area contributed by atoms with Crippen LogP contribution < -0.4 is 11.3 Å². The van der Waals surface area contributed by atoms with E-state index in [1.165, 1.54) is 6.20 Å². The predicted octanol–water partition coefficient (Wildman–Crippen LogP) is 2.27. The van der Waals surface area contributed by atoms with E-state index in [-0.39, 0.29) is 11.8 Å². The molecule has 100 valence electrons. The first-order chi connectivity index (χ1) is 9.02. The standard InChI is InChI=1S/C12H12Cl2N4O/c1-7(12(19)17-15)8-2-3-11(10(14)4-8)18-6-9(13)5-16-18/h2-7H,15H2,1H3,(H,17,19). The van der Waals surface area contributed by atoms with Crippen molar-refractivity contribution in [3.8, 4) is 5.69 Å². The Morgan fingerprint density at radius 3 is 2.74 bits per heavy atom. The minimum atomic E-state index is -0.377. The van der Waals surface area contributed by atoms with E-state index in [9.17, 15) is 4.79 Å². The van der Waals surface area contributed by atoms with E-state index in [4.69, 9.17) is 29.0 Å². The lowest BCUT2D eigenvalue weighted by Crippen LogP contribution is -2.33. The van der Waals surface area contributed by atoms with Crippen molar-refractivity contribution in [1.29, 1.82) is 0 Å². The second-order valence-electron chi connectivity index (χ2n) is 4.04. The Kier molecular flexibility index (Phi) is 4.09. The van der Waals surface area contributed by atoms with Gasteiger partial charge in [-0.05, 0) is 24.6 Å². The number of hydrazine groups is 1. The molecule has 3 N–H and O–H groups in total. The van der Waals surface area contributed by atoms with Crippen LogP contribution in [0.4, 0.5) is 0 Å². The number of carbonyl (C=O) groups excluding carboxylic acids is 1. The smallest absolute Gasteiger partial charge is 0.241 e. The molecular weight excluding hydrogens is 287 g/mol. The maximum atomic E-state index is 11.5. The van der Waals surface area contributed by atoms with Gasteiger partial charge in [-0.25, -0.2) is 10.5 Å². The Labute approximate surface area is 120 Å². The van der Waals surface area contributed by atoms with E-state index in [0.29, 0.717) is 15.7 Å². The summed E-state index contributed by atoms with van der Waals surface area (Å²) in [6, 6.07) is 5.30. The molecule has 19 heavy (non-hydrogen) atoms. The van der Waals surface area contributed by atoms with Crippen molar-refractivity contribution in [2.75, 3.05) is 0 Å². The molecular formula is C12H12Cl2N4O. The van der Waals surface area contributed by atoms with Crippen molar-refractivity contribution < 1.29 is 4.79 Å². The maximum Gasteiger partial charge on any atom is 0.241 e. The number of hydrogen-bond donors (Lipinski definition) is 2. The first-order valence-electron chi connectivity index (χ1n) is 5.53. The summed E-state index contributed by atoms with van der Waals surface area (Å²) in [5.41, 5.74) is 3.58. The molecule has 5 nitrogen and oxygen atoms in total. The predicted molar refractivity (Wildman–Crippen MR) is 74.3 cm³/mol. The van der Waals surface area contributed by atoms with Gasteiger partial charge >= 0.3 is 0 Å². The third-order valence-corrected chi connectivity index (χ3v) is 3.30. The molecule has 7 heteroatoms. The van der Waals surface area contributed by atoms with Crippen LogP contribution >= 0.6 is 23.2 Å². The highest BCUT2D eigenvalue weighted by molar-refractivity contribution is 6.32. The van der Waals surface area contributed by atoms with Crippen molar-refractivity contribution in [3.63, 3.8) is 0 Å². The van der Waals surface area contributed by atoms with Crippen LogP contribution in [0.25, 0.3) is 5.69 Å². The fourth-order valence-corrected chi connectivity index (χ4v) is 2.10. The lowest BCUT2D eigenvalue weighted by molar-refractivity contribution is -0.122. The van der Waals surface area contributed by atoms with Gasteiger partial charge in [-0.3, -0.25) is 10.2 Å². The number of nitrogens with zero attached hydrogens (tertiary/aromatic N) is 2. The summed E-state index contributed by atoms with van der Waals surface area (Å²) in [7, 11) is 0. The topological polar surface area (TPSA) is 72.9 Å². The molecule has 0 fully saturated rings. The van der Waals surface area contributed by atoms with Gasteiger partial charge in [-0.2, -0.15) is 5.10 Å². The molecule has 0 bridgehead atoms. The second kappa shape index (κ2) is 5.61. The summed E-state index contributed by atoms with van der Waals surface area (Å²) in [4.78, 5) is 11.5. The van der Waals surface area contributed by atoms with Gasteiger partial charge in [0.2, 0.25) is 5.91 Å². The molecule has 2 aromatic rings. The van der Waals surface area contributed by atoms with E-state index in [1.807, 2.05) is 0 Å². The number of carbonyl (C=O) groups is 1. The van der Waals surface area contributed by atoms with Gasteiger partial charge in [0, 0.05) is 6.20 Å². The second-order valence-corrected chi connectivity index (χ2v) is 4.89. The number of nitrogens with two attached hydrogens (primary N) is 1. The average Bonchev–Trinajstić information content (AvgIpc) is 2.83. The molecule has 0 aliphatic heterocycles. The highest BCUT2D eigenvalue weighted by atomic mass is 35.5. The zero-order chi connectivity index (χ0) is 14.0. The summed E-state index contributed by atoms with van der Waals surface area (Å²) in [5, 5.41) is 5.08. The van der Waals surface area contributed by atoms with Crippen LogP contribution in [0.2, 0.25) is 10.0 Å². The Balaban J connectivity index is 2.34. The highest BCUT2D eigenvalue weighted by Gasteiger charge is 2.15. The fraction of sp³-hybridized carbons (Fsp3) is 0.167. The Morgan fingerprint density at radius 1 is 1.47 bits per heavy atom. The van der Waals surface area contributed by atoms with Crippen molar-refractivity contribution in [2.24, 2.45) is 5.84 Å². The molecule has 1 amide bonds. The maximum absolute atomic E-state index is 11.5. The van der Waals surface area contributed by atoms with E-state index in [2.05, 4.69) is 10.5 Å². The van der Waals surface area contributed by atoms with Gasteiger partial charge in [-0.15, -0.1) is 0 Å². The van der Waals surface area contributed by atoms with E-state index >= 15 is 0 Å². The van der Waals surface area contributed by atoms with Crippen LogP contribution in [0, 0.1) is 0 Å². The summed E-state index contributed by atoms with van der Waals surface area (Å²) in [5.74, 6) is 4.46. The molecule has 0 spiro atoms. The quantitative estimate of drug-likeness (QED) is 0.519. The molecule has 1 aromatic carbocycles. The first kappa shape index (κ1) is 13.9. The monoisotopic (exact) mass is 298 g/mol. The normalized spacial score (nSPS) is 12.2. The van der Waals surface area contributed by atoms with E-state index in [0.717, 1.165) is 5.56 Å². The summed E-state index contributed by atoms with van der Waals surface area (Å²) >= 11 is 12.0. The van der Waals surface area contributed by atoms with E-state index < -0.39 is 0 Å². The molecule has 1 heterocycles. The minimum Gasteiger partial charge on any atom is -0.294 e. The zero-order valence-corrected chi connectivity index (χ0v) is 11.6. The summed E-state index contributed by atoms with van der Waals surface area (Å²) in [6.45, 7) is 1.75. The number of halogens is 2. The SMILES string of the molecule is CC(C(=O)NN)c1ccc(-n2cc(Cl)cn2)c(Cl)c1. The molecule has 1 unspecified atom stereocenters. The Bertz CT molecular complexity index is 612. The van der Waals surface area contributed by atoms with E-state index in [1.54, 1.807) is 36.0 Å². The van der Waals surface area contributed by atoms with Crippen LogP contribution in [-0.2, 0) is 4.79 Å². The number of amides is 1. The van der Waals surface area contributed by atoms with Gasteiger partial charge < -0.3 is 0 Å². The average molecular weight is 299 g/mol. The van der Waals surface area contributed by atoms with Gasteiger partial charge in [0.25, 0.3) is 0 Å². The van der Waals surface area contributed by atoms with Gasteiger partial charge in [-0.1, -0.05) is 29.3 Å². The van der Waals surface area contributed by atoms with Crippen molar-refractivity contribution >= 4 is 29.1 Å². The third kappa shape index (κ3) is 2.89. The van der Waals surface area contributed by atoms with Crippen molar-refractivity contribution in [1.82, 2.24) is 15.2 Å². The highest BCUT2D eigenvalue weighted by Crippen LogP contribution is 2.26. The molecule has 2 rings (SSSR count). The Morgan fingerprint density at radius 2 is 2.21 bits per heavy atom. The molecule has 0 aliphatic carbocycles. The number of aromatic nitrogens is 2. The van der Waals surface area contributed by atoms with Gasteiger partial charge in [0.1, 0.15) is 0 Å². The van der Waals surface area contributed by atoms with Crippen LogP contribution in [-0.4, -0.2) is 15.7 Å². The number of benzene rings is 1. The molecule has 0 radical (unpaired) electrons. The zero-order valence-electron chi connectivity index (χ0n) is 10.1. The lowest BCUT2D eigenvalue weighted by atomic mass is 10.0. The van der Waals surface area contributed by atoms with Crippen molar-refractivity contribution in [3.05, 3.63) is 46.2 Å². The number of hydrogen-bond acceptors (Lipinski definition) is 3. The fourth-order valence-electron chi connectivity index (χ4n) is 1.69. The van der Waals surface area contributed by atoms with Crippen molar-refractivity contribution in [2.45, 2.75) is 12.8 Å². The largest absolute Gasteiger partial charge is 0.294 e. The minimum absolute atomic E-state index is 0.272. The summed E-state index contributed by atoms with van der Waals surface area (Å²) in [6.07, 6.45) is 3.18. The van der Waals surface area contributed by atoms with Crippen LogP contribution in [0.3, 0.4) is 0 Å². The molecule has 1 atom stereocenters. The first-order valence-corrected chi connectivity index (χ1v) is 6.29. The molecule has 0 aliphatic rings. The number of nitrogens with one attached hydrogen (secondary N) is 1. The molecule has 1 aromatic heterocycles. The third-order valence-electron chi connectivity index (χ3n) is 2.81. The molecule has 0 saturated carbocycles. The van der Waals surface area contributed by atoms with Gasteiger partial charge in [0.05, 0.1) is 27.8 Å². The van der Waals surface area contributed by atoms with Crippen LogP contribution in [0.5, 0.6) is 0 Å². The molecule has 0 saturated heterocycles. The lowest BCUT2D eigenvalue weighted by Gasteiger charge is -2.12.